The van der Waals surface area contributed by atoms with Crippen molar-refractivity contribution in [1.29, 1.82) is 0 Å². The van der Waals surface area contributed by atoms with Crippen LogP contribution in [0.3, 0.4) is 0 Å². The van der Waals surface area contributed by atoms with Gasteiger partial charge in [0.2, 0.25) is 0 Å². The number of nitro groups is 1. The fourth-order valence-corrected chi connectivity index (χ4v) is 2.05. The molecule has 1 saturated carbocycles. The van der Waals surface area contributed by atoms with Crippen LogP contribution in [0.5, 0.6) is 5.75 Å². The van der Waals surface area contributed by atoms with E-state index in [9.17, 15) is 10.1 Å². The van der Waals surface area contributed by atoms with Crippen LogP contribution < -0.4 is 4.74 Å². The van der Waals surface area contributed by atoms with Gasteiger partial charge >= 0.3 is 0 Å². The van der Waals surface area contributed by atoms with Crippen LogP contribution in [0, 0.1) is 10.1 Å². The third-order valence-corrected chi connectivity index (χ3v) is 3.30. The topological polar surface area (TPSA) is 72.6 Å². The highest BCUT2D eigenvalue weighted by Gasteiger charge is 2.30. The first-order valence-corrected chi connectivity index (χ1v) is 5.65. The predicted octanol–water partition coefficient (Wildman–Crippen LogP) is 2.26. The van der Waals surface area contributed by atoms with Gasteiger partial charge in [-0.2, -0.15) is 0 Å². The van der Waals surface area contributed by atoms with Crippen molar-refractivity contribution in [2.75, 3.05) is 0 Å². The van der Waals surface area contributed by atoms with E-state index in [1.165, 1.54) is 6.07 Å². The third-order valence-electron chi connectivity index (χ3n) is 2.50. The van der Waals surface area contributed by atoms with Crippen molar-refractivity contribution < 1.29 is 14.8 Å². The number of rotatable bonds is 3. The minimum atomic E-state index is -0.466. The van der Waals surface area contributed by atoms with Crippen LogP contribution in [0.1, 0.15) is 12.8 Å². The molecule has 1 aromatic rings. The van der Waals surface area contributed by atoms with Crippen molar-refractivity contribution in [3.05, 3.63) is 32.8 Å². The number of aliphatic hydroxyl groups is 1. The molecule has 1 N–H and O–H groups in total. The van der Waals surface area contributed by atoms with E-state index in [4.69, 9.17) is 9.84 Å². The molecule has 0 unspecified atom stereocenters. The minimum absolute atomic E-state index is 0.0163. The molecular weight excluding hydrogens is 278 g/mol. The first kappa shape index (κ1) is 11.3. The highest BCUT2D eigenvalue weighted by atomic mass is 79.9. The van der Waals surface area contributed by atoms with Gasteiger partial charge in [-0.05, 0) is 22.0 Å². The molecule has 2 rings (SSSR count). The number of nitrogens with zero attached hydrogens (tertiary/aromatic N) is 1. The molecule has 0 aliphatic heterocycles. The molecule has 6 heteroatoms. The van der Waals surface area contributed by atoms with Gasteiger partial charge in [0.15, 0.2) is 0 Å². The molecule has 0 atom stereocenters. The Bertz CT molecular complexity index is 417. The Hall–Kier alpha value is -1.14. The Balaban J connectivity index is 2.15. The van der Waals surface area contributed by atoms with Crippen molar-refractivity contribution >= 4 is 21.6 Å². The van der Waals surface area contributed by atoms with E-state index in [2.05, 4.69) is 15.9 Å². The van der Waals surface area contributed by atoms with Gasteiger partial charge in [0.05, 0.1) is 11.0 Å². The van der Waals surface area contributed by atoms with E-state index >= 15 is 0 Å². The summed E-state index contributed by atoms with van der Waals surface area (Å²) >= 11 is 3.15. The lowest BCUT2D eigenvalue weighted by atomic mass is 9.92. The molecule has 0 saturated heterocycles. The summed E-state index contributed by atoms with van der Waals surface area (Å²) in [5.74, 6) is 0.450. The largest absolute Gasteiger partial charge is 0.489 e. The number of hydrogen-bond acceptors (Lipinski definition) is 4. The zero-order valence-electron chi connectivity index (χ0n) is 8.30. The fraction of sp³-hybridized carbons (Fsp3) is 0.400. The van der Waals surface area contributed by atoms with E-state index in [1.54, 1.807) is 12.1 Å². The van der Waals surface area contributed by atoms with Crippen LogP contribution in [0.15, 0.2) is 22.7 Å². The van der Waals surface area contributed by atoms with E-state index < -0.39 is 4.92 Å². The molecule has 1 aromatic carbocycles. The Morgan fingerprint density at radius 3 is 2.75 bits per heavy atom. The van der Waals surface area contributed by atoms with E-state index in [-0.39, 0.29) is 17.9 Å². The highest BCUT2D eigenvalue weighted by Crippen LogP contribution is 2.36. The molecule has 1 aliphatic carbocycles. The minimum Gasteiger partial charge on any atom is -0.489 e. The molecular formula is C10H10BrNO4. The third kappa shape index (κ3) is 2.17. The van der Waals surface area contributed by atoms with Crippen molar-refractivity contribution in [3.63, 3.8) is 0 Å². The average molecular weight is 288 g/mol. The molecule has 86 valence electrons. The van der Waals surface area contributed by atoms with Gasteiger partial charge in [-0.15, -0.1) is 0 Å². The molecule has 16 heavy (non-hydrogen) atoms. The van der Waals surface area contributed by atoms with Crippen molar-refractivity contribution in [1.82, 2.24) is 0 Å². The lowest BCUT2D eigenvalue weighted by Crippen LogP contribution is -2.37. The van der Waals surface area contributed by atoms with Gasteiger partial charge in [0, 0.05) is 18.9 Å². The molecule has 1 fully saturated rings. The van der Waals surface area contributed by atoms with Crippen molar-refractivity contribution in [2.45, 2.75) is 25.0 Å². The molecule has 0 radical (unpaired) electrons. The standard InChI is InChI=1S/C10H10BrNO4/c11-10-8(12(14)15)2-1-3-9(10)16-7-4-6(13)5-7/h1-3,6-7,13H,4-5H2. The molecule has 1 aliphatic rings. The quantitative estimate of drug-likeness (QED) is 0.684. The van der Waals surface area contributed by atoms with Crippen LogP contribution in [-0.2, 0) is 0 Å². The summed E-state index contributed by atoms with van der Waals surface area (Å²) in [6.07, 6.45) is 0.806. The smallest absolute Gasteiger partial charge is 0.287 e. The van der Waals surface area contributed by atoms with Crippen molar-refractivity contribution in [2.24, 2.45) is 0 Å². The number of halogens is 1. The van der Waals surface area contributed by atoms with Gasteiger partial charge in [0.25, 0.3) is 5.69 Å². The highest BCUT2D eigenvalue weighted by molar-refractivity contribution is 9.10. The average Bonchev–Trinajstić information content (AvgIpc) is 2.18. The fourth-order valence-electron chi connectivity index (χ4n) is 1.54. The van der Waals surface area contributed by atoms with Crippen LogP contribution in [0.2, 0.25) is 0 Å². The van der Waals surface area contributed by atoms with E-state index in [0.29, 0.717) is 23.1 Å². The van der Waals surface area contributed by atoms with Gasteiger partial charge in [-0.1, -0.05) is 6.07 Å². The van der Waals surface area contributed by atoms with Crippen LogP contribution in [0.4, 0.5) is 5.69 Å². The van der Waals surface area contributed by atoms with E-state index in [0.717, 1.165) is 0 Å². The maximum Gasteiger partial charge on any atom is 0.287 e. The summed E-state index contributed by atoms with van der Waals surface area (Å²) in [5, 5.41) is 19.8. The zero-order valence-corrected chi connectivity index (χ0v) is 9.88. The first-order valence-electron chi connectivity index (χ1n) is 4.85. The zero-order chi connectivity index (χ0) is 11.7. The maximum atomic E-state index is 10.7. The van der Waals surface area contributed by atoms with E-state index in [1.807, 2.05) is 0 Å². The van der Waals surface area contributed by atoms with Gasteiger partial charge in [0.1, 0.15) is 16.3 Å². The molecule has 0 heterocycles. The molecule has 0 aromatic heterocycles. The summed E-state index contributed by atoms with van der Waals surface area (Å²) < 4.78 is 5.88. The summed E-state index contributed by atoms with van der Waals surface area (Å²) in [6, 6.07) is 4.65. The molecule has 0 bridgehead atoms. The second-order valence-corrected chi connectivity index (χ2v) is 4.50. The summed E-state index contributed by atoms with van der Waals surface area (Å²) in [7, 11) is 0. The number of nitro benzene ring substituents is 1. The Morgan fingerprint density at radius 1 is 1.50 bits per heavy atom. The summed E-state index contributed by atoms with van der Waals surface area (Å²) in [5.41, 5.74) is -0.0163. The first-order chi connectivity index (χ1) is 7.58. The Labute approximate surface area is 100 Å². The van der Waals surface area contributed by atoms with Gasteiger partial charge < -0.3 is 9.84 Å². The van der Waals surface area contributed by atoms with Gasteiger partial charge in [-0.25, -0.2) is 0 Å². The second kappa shape index (κ2) is 4.39. The monoisotopic (exact) mass is 287 g/mol. The molecule has 0 amide bonds. The lowest BCUT2D eigenvalue weighted by molar-refractivity contribution is -0.385. The van der Waals surface area contributed by atoms with Crippen LogP contribution >= 0.6 is 15.9 Å². The lowest BCUT2D eigenvalue weighted by Gasteiger charge is -2.31. The number of benzene rings is 1. The Morgan fingerprint density at radius 2 is 2.19 bits per heavy atom. The molecule has 5 nitrogen and oxygen atoms in total. The maximum absolute atomic E-state index is 10.7. The van der Waals surface area contributed by atoms with Crippen LogP contribution in [0.25, 0.3) is 0 Å². The second-order valence-electron chi connectivity index (χ2n) is 3.71. The Kier molecular flexibility index (Phi) is 3.11. The summed E-state index contributed by atoms with van der Waals surface area (Å²) in [6.45, 7) is 0. The normalized spacial score (nSPS) is 23.6. The number of ether oxygens (including phenoxy) is 1. The molecule has 0 spiro atoms. The number of aliphatic hydroxyl groups excluding tert-OH is 1. The predicted molar refractivity (Wildman–Crippen MR) is 60.5 cm³/mol. The van der Waals surface area contributed by atoms with Crippen LogP contribution in [-0.4, -0.2) is 22.2 Å². The number of hydrogen-bond donors (Lipinski definition) is 1. The van der Waals surface area contributed by atoms with Crippen molar-refractivity contribution in [3.8, 4) is 5.75 Å². The summed E-state index contributed by atoms with van der Waals surface area (Å²) in [4.78, 5) is 10.2. The van der Waals surface area contributed by atoms with Gasteiger partial charge in [-0.3, -0.25) is 10.1 Å². The SMILES string of the molecule is O=[N+]([O-])c1cccc(OC2CC(O)C2)c1Br.